The van der Waals surface area contributed by atoms with Crippen molar-refractivity contribution in [3.8, 4) is 0 Å². The number of morpholine rings is 1. The van der Waals surface area contributed by atoms with E-state index in [0.717, 1.165) is 11.8 Å². The van der Waals surface area contributed by atoms with Gasteiger partial charge in [0.15, 0.2) is 0 Å². The van der Waals surface area contributed by atoms with Crippen LogP contribution in [0.1, 0.15) is 12.5 Å². The zero-order valence-electron chi connectivity index (χ0n) is 9.27. The molecule has 1 aromatic carbocycles. The summed E-state index contributed by atoms with van der Waals surface area (Å²) in [6.07, 6.45) is 0.879. The molecule has 0 saturated carbocycles. The van der Waals surface area contributed by atoms with Crippen LogP contribution in [0.5, 0.6) is 0 Å². The maximum atomic E-state index is 10.8. The van der Waals surface area contributed by atoms with Crippen LogP contribution in [-0.2, 0) is 15.1 Å². The molecule has 1 aliphatic rings. The number of nitrogens with two attached hydrogens (primary N) is 1. The Bertz CT molecular complexity index is 394. The lowest BCUT2D eigenvalue weighted by molar-refractivity contribution is -0.114. The van der Waals surface area contributed by atoms with E-state index in [2.05, 4.69) is 5.32 Å². The predicted octanol–water partition coefficient (Wildman–Crippen LogP) is 0.671. The second kappa shape index (κ2) is 4.23. The fraction of sp³-hybridized carbons (Fsp3) is 0.417. The molecule has 1 aliphatic heterocycles. The van der Waals surface area contributed by atoms with Crippen molar-refractivity contribution in [2.24, 2.45) is 0 Å². The highest BCUT2D eigenvalue weighted by molar-refractivity contribution is 5.58. The molecular weight excluding hydrogens is 204 g/mol. The van der Waals surface area contributed by atoms with E-state index in [1.807, 2.05) is 31.2 Å². The van der Waals surface area contributed by atoms with Crippen molar-refractivity contribution in [1.82, 2.24) is 5.32 Å². The third-order valence-electron chi connectivity index (χ3n) is 2.88. The third-order valence-corrected chi connectivity index (χ3v) is 2.88. The van der Waals surface area contributed by atoms with Crippen molar-refractivity contribution in [3.63, 3.8) is 0 Å². The normalized spacial score (nSPS) is 29.9. The molecular formula is C12H16N2O2. The molecule has 4 heteroatoms. The summed E-state index contributed by atoms with van der Waals surface area (Å²) in [7, 11) is 0. The van der Waals surface area contributed by atoms with Crippen LogP contribution in [0.3, 0.4) is 0 Å². The van der Waals surface area contributed by atoms with Crippen LogP contribution in [0.2, 0.25) is 0 Å². The largest absolute Gasteiger partial charge is 0.399 e. The molecule has 0 aliphatic carbocycles. The van der Waals surface area contributed by atoms with Gasteiger partial charge in [-0.25, -0.2) is 0 Å². The molecule has 0 amide bonds. The van der Waals surface area contributed by atoms with Crippen molar-refractivity contribution >= 4 is 12.0 Å². The summed E-state index contributed by atoms with van der Waals surface area (Å²) in [4.78, 5) is 10.8. The Balaban J connectivity index is 2.27. The molecule has 86 valence electrons. The predicted molar refractivity (Wildman–Crippen MR) is 62.0 cm³/mol. The molecule has 16 heavy (non-hydrogen) atoms. The monoisotopic (exact) mass is 220 g/mol. The standard InChI is InChI=1S/C12H16N2O2/c1-12(8-16-7-11(6-15)14-12)9-3-2-4-10(13)5-9/h2-6,11,14H,7-8,13H2,1H3/t11?,12-/m0/s1. The van der Waals surface area contributed by atoms with Gasteiger partial charge in [-0.2, -0.15) is 0 Å². The molecule has 1 heterocycles. The summed E-state index contributed by atoms with van der Waals surface area (Å²) >= 11 is 0. The molecule has 1 aromatic rings. The van der Waals surface area contributed by atoms with Crippen molar-refractivity contribution < 1.29 is 9.53 Å². The van der Waals surface area contributed by atoms with E-state index < -0.39 is 0 Å². The second-order valence-electron chi connectivity index (χ2n) is 4.36. The van der Waals surface area contributed by atoms with Gasteiger partial charge in [0, 0.05) is 5.69 Å². The minimum Gasteiger partial charge on any atom is -0.399 e. The SMILES string of the molecule is C[C@@]1(c2cccc(N)c2)COCC(C=O)N1. The number of ether oxygens (including phenoxy) is 1. The number of hydrogen-bond acceptors (Lipinski definition) is 4. The first-order valence-electron chi connectivity index (χ1n) is 5.31. The fourth-order valence-corrected chi connectivity index (χ4v) is 2.00. The summed E-state index contributed by atoms with van der Waals surface area (Å²) in [6.45, 7) is 2.99. The minimum atomic E-state index is -0.348. The highest BCUT2D eigenvalue weighted by atomic mass is 16.5. The Morgan fingerprint density at radius 1 is 1.62 bits per heavy atom. The number of rotatable bonds is 2. The van der Waals surface area contributed by atoms with Crippen LogP contribution < -0.4 is 11.1 Å². The number of benzene rings is 1. The van der Waals surface area contributed by atoms with Crippen molar-refractivity contribution in [2.75, 3.05) is 18.9 Å². The first kappa shape index (κ1) is 11.1. The molecule has 1 saturated heterocycles. The van der Waals surface area contributed by atoms with Gasteiger partial charge >= 0.3 is 0 Å². The lowest BCUT2D eigenvalue weighted by Gasteiger charge is -2.38. The molecule has 0 radical (unpaired) electrons. The number of aldehydes is 1. The second-order valence-corrected chi connectivity index (χ2v) is 4.36. The highest BCUT2D eigenvalue weighted by Gasteiger charge is 2.33. The van der Waals surface area contributed by atoms with Gasteiger partial charge in [-0.1, -0.05) is 12.1 Å². The van der Waals surface area contributed by atoms with E-state index in [9.17, 15) is 4.79 Å². The minimum absolute atomic E-state index is 0.250. The average Bonchev–Trinajstić information content (AvgIpc) is 2.29. The van der Waals surface area contributed by atoms with Crippen LogP contribution in [0, 0.1) is 0 Å². The van der Waals surface area contributed by atoms with Gasteiger partial charge in [-0.15, -0.1) is 0 Å². The Morgan fingerprint density at radius 3 is 3.12 bits per heavy atom. The lowest BCUT2D eigenvalue weighted by Crippen LogP contribution is -2.55. The molecule has 2 rings (SSSR count). The summed E-state index contributed by atoms with van der Waals surface area (Å²) in [5.41, 5.74) is 7.16. The number of nitrogens with one attached hydrogen (secondary N) is 1. The van der Waals surface area contributed by atoms with Gasteiger partial charge in [-0.3, -0.25) is 5.32 Å². The number of carbonyl (C=O) groups is 1. The quantitative estimate of drug-likeness (QED) is 0.568. The Morgan fingerprint density at radius 2 is 2.44 bits per heavy atom. The van der Waals surface area contributed by atoms with Gasteiger partial charge in [0.25, 0.3) is 0 Å². The van der Waals surface area contributed by atoms with E-state index in [1.54, 1.807) is 0 Å². The molecule has 1 fully saturated rings. The molecule has 0 bridgehead atoms. The number of anilines is 1. The van der Waals surface area contributed by atoms with E-state index in [4.69, 9.17) is 10.5 Å². The van der Waals surface area contributed by atoms with Crippen molar-refractivity contribution in [3.05, 3.63) is 29.8 Å². The Hall–Kier alpha value is -1.39. The van der Waals surface area contributed by atoms with Crippen molar-refractivity contribution in [2.45, 2.75) is 18.5 Å². The Kier molecular flexibility index (Phi) is 2.94. The van der Waals surface area contributed by atoms with Gasteiger partial charge in [0.1, 0.15) is 6.29 Å². The molecule has 4 nitrogen and oxygen atoms in total. The Labute approximate surface area is 94.8 Å². The first-order chi connectivity index (χ1) is 7.64. The van der Waals surface area contributed by atoms with Gasteiger partial charge < -0.3 is 15.3 Å². The third kappa shape index (κ3) is 2.08. The smallest absolute Gasteiger partial charge is 0.139 e. The van der Waals surface area contributed by atoms with E-state index in [1.165, 1.54) is 0 Å². The van der Waals surface area contributed by atoms with Crippen LogP contribution in [0.15, 0.2) is 24.3 Å². The van der Waals surface area contributed by atoms with Gasteiger partial charge in [-0.05, 0) is 24.6 Å². The van der Waals surface area contributed by atoms with E-state index in [-0.39, 0.29) is 11.6 Å². The number of nitrogen functional groups attached to an aromatic ring is 1. The topological polar surface area (TPSA) is 64.3 Å². The highest BCUT2D eigenvalue weighted by Crippen LogP contribution is 2.25. The maximum absolute atomic E-state index is 10.8. The zero-order chi connectivity index (χ0) is 11.6. The van der Waals surface area contributed by atoms with Crippen LogP contribution in [0.25, 0.3) is 0 Å². The van der Waals surface area contributed by atoms with Crippen LogP contribution in [-0.4, -0.2) is 25.5 Å². The maximum Gasteiger partial charge on any atom is 0.139 e. The molecule has 3 N–H and O–H groups in total. The molecule has 1 unspecified atom stereocenters. The summed E-state index contributed by atoms with van der Waals surface area (Å²) in [6, 6.07) is 7.39. The summed E-state index contributed by atoms with van der Waals surface area (Å²) in [5.74, 6) is 0. The van der Waals surface area contributed by atoms with Gasteiger partial charge in [0.2, 0.25) is 0 Å². The van der Waals surface area contributed by atoms with E-state index >= 15 is 0 Å². The molecule has 0 aromatic heterocycles. The number of hydrogen-bond donors (Lipinski definition) is 2. The first-order valence-corrected chi connectivity index (χ1v) is 5.31. The van der Waals surface area contributed by atoms with Gasteiger partial charge in [0.05, 0.1) is 24.8 Å². The van der Waals surface area contributed by atoms with Crippen LogP contribution >= 0.6 is 0 Å². The van der Waals surface area contributed by atoms with Crippen LogP contribution in [0.4, 0.5) is 5.69 Å². The summed E-state index contributed by atoms with van der Waals surface area (Å²) in [5, 5.41) is 3.27. The lowest BCUT2D eigenvalue weighted by atomic mass is 9.90. The van der Waals surface area contributed by atoms with Crippen molar-refractivity contribution in [1.29, 1.82) is 0 Å². The fourth-order valence-electron chi connectivity index (χ4n) is 2.00. The number of carbonyl (C=O) groups excluding carboxylic acids is 1. The summed E-state index contributed by atoms with van der Waals surface area (Å²) < 4.78 is 5.45. The zero-order valence-corrected chi connectivity index (χ0v) is 9.27. The molecule has 2 atom stereocenters. The van der Waals surface area contributed by atoms with E-state index in [0.29, 0.717) is 18.9 Å². The average molecular weight is 220 g/mol. The molecule has 0 spiro atoms.